The van der Waals surface area contributed by atoms with E-state index in [0.29, 0.717) is 9.99 Å². The Morgan fingerprint density at radius 1 is 1.64 bits per heavy atom. The highest BCUT2D eigenvalue weighted by molar-refractivity contribution is 14.1. The molecule has 0 saturated heterocycles. The Hall–Kier alpha value is -0.790. The van der Waals surface area contributed by atoms with Gasteiger partial charge in [0.1, 0.15) is 3.70 Å². The van der Waals surface area contributed by atoms with Crippen molar-refractivity contribution in [3.8, 4) is 5.88 Å². The Morgan fingerprint density at radius 2 is 2.29 bits per heavy atom. The molecule has 0 fully saturated rings. The third kappa shape index (κ3) is 2.17. The number of methoxy groups -OCH3 is 1. The van der Waals surface area contributed by atoms with Crippen molar-refractivity contribution >= 4 is 28.9 Å². The molecule has 1 aromatic heterocycles. The van der Waals surface area contributed by atoms with Crippen LogP contribution in [0.4, 0.5) is 8.78 Å². The van der Waals surface area contributed by atoms with E-state index in [1.165, 1.54) is 7.11 Å². The fourth-order valence-electron chi connectivity index (χ4n) is 0.910. The number of alkyl halides is 2. The average Bonchev–Trinajstić information content (AvgIpc) is 2.16. The first kappa shape index (κ1) is 11.3. The quantitative estimate of drug-likeness (QED) is 0.489. The number of halogens is 3. The smallest absolute Gasteiger partial charge is 0.269 e. The van der Waals surface area contributed by atoms with Gasteiger partial charge in [0, 0.05) is 5.56 Å². The lowest BCUT2D eigenvalue weighted by Crippen LogP contribution is -2.01. The number of pyridine rings is 1. The monoisotopic (exact) mass is 313 g/mol. The highest BCUT2D eigenvalue weighted by Gasteiger charge is 2.17. The molecule has 0 aliphatic rings. The number of aldehydes is 1. The van der Waals surface area contributed by atoms with E-state index in [2.05, 4.69) is 9.72 Å². The maximum atomic E-state index is 12.4. The van der Waals surface area contributed by atoms with Crippen LogP contribution >= 0.6 is 22.6 Å². The van der Waals surface area contributed by atoms with Crippen LogP contribution in [0.25, 0.3) is 0 Å². The van der Waals surface area contributed by atoms with Crippen molar-refractivity contribution in [1.82, 2.24) is 4.98 Å². The molecule has 0 aromatic carbocycles. The lowest BCUT2D eigenvalue weighted by atomic mass is 10.2. The molecule has 1 aromatic rings. The molecular weight excluding hydrogens is 307 g/mol. The second-order valence-electron chi connectivity index (χ2n) is 2.39. The van der Waals surface area contributed by atoms with E-state index in [1.807, 2.05) is 0 Å². The first-order valence-electron chi connectivity index (χ1n) is 3.58. The molecule has 1 rings (SSSR count). The third-order valence-electron chi connectivity index (χ3n) is 1.55. The third-order valence-corrected chi connectivity index (χ3v) is 2.42. The summed E-state index contributed by atoms with van der Waals surface area (Å²) in [5.74, 6) is -0.144. The van der Waals surface area contributed by atoms with Crippen molar-refractivity contribution in [3.63, 3.8) is 0 Å². The summed E-state index contributed by atoms with van der Waals surface area (Å²) in [6.07, 6.45) is -2.21. The number of rotatable bonds is 3. The fourth-order valence-corrected chi connectivity index (χ4v) is 1.41. The van der Waals surface area contributed by atoms with Crippen LogP contribution in [0, 0.1) is 3.70 Å². The second-order valence-corrected chi connectivity index (χ2v) is 3.41. The van der Waals surface area contributed by atoms with Crippen LogP contribution in [0.3, 0.4) is 0 Å². The number of nitrogens with zero attached hydrogens (tertiary/aromatic N) is 1. The van der Waals surface area contributed by atoms with Gasteiger partial charge in [-0.1, -0.05) is 0 Å². The molecule has 3 nitrogen and oxygen atoms in total. The molecule has 0 spiro atoms. The molecule has 0 amide bonds. The van der Waals surface area contributed by atoms with Gasteiger partial charge in [0.15, 0.2) is 6.29 Å². The standard InChI is InChI=1S/C8H6F2INO2/c1-14-8-5(6(9)10)2-4(3-13)7(11)12-8/h2-3,6H,1H3. The van der Waals surface area contributed by atoms with Gasteiger partial charge >= 0.3 is 0 Å². The predicted molar refractivity (Wildman–Crippen MR) is 53.9 cm³/mol. The van der Waals surface area contributed by atoms with Gasteiger partial charge in [-0.25, -0.2) is 13.8 Å². The molecule has 0 radical (unpaired) electrons. The summed E-state index contributed by atoms with van der Waals surface area (Å²) in [7, 11) is 1.25. The predicted octanol–water partition coefficient (Wildman–Crippen LogP) is 2.44. The van der Waals surface area contributed by atoms with E-state index in [4.69, 9.17) is 0 Å². The molecular formula is C8H6F2INO2. The number of ether oxygens (including phenoxy) is 1. The Bertz CT molecular complexity index is 357. The van der Waals surface area contributed by atoms with Gasteiger partial charge in [0.25, 0.3) is 6.43 Å². The van der Waals surface area contributed by atoms with Gasteiger partial charge in [-0.2, -0.15) is 0 Å². The van der Waals surface area contributed by atoms with Crippen LogP contribution in [-0.2, 0) is 0 Å². The molecule has 0 bridgehead atoms. The Kier molecular flexibility index (Phi) is 3.73. The summed E-state index contributed by atoms with van der Waals surface area (Å²) in [5, 5.41) is 0. The lowest BCUT2D eigenvalue weighted by molar-refractivity contribution is 0.112. The van der Waals surface area contributed by atoms with Crippen LogP contribution in [-0.4, -0.2) is 18.4 Å². The van der Waals surface area contributed by atoms with E-state index in [0.717, 1.165) is 6.07 Å². The van der Waals surface area contributed by atoms with Crippen molar-refractivity contribution in [2.24, 2.45) is 0 Å². The molecule has 76 valence electrons. The van der Waals surface area contributed by atoms with Gasteiger partial charge in [-0.15, -0.1) is 0 Å². The van der Waals surface area contributed by atoms with Crippen LogP contribution in [0.2, 0.25) is 0 Å². The minimum atomic E-state index is -2.70. The zero-order valence-electron chi connectivity index (χ0n) is 7.13. The molecule has 0 saturated carbocycles. The molecule has 6 heteroatoms. The van der Waals surface area contributed by atoms with Gasteiger partial charge in [0.2, 0.25) is 5.88 Å². The molecule has 0 unspecified atom stereocenters. The highest BCUT2D eigenvalue weighted by atomic mass is 127. The molecule has 1 heterocycles. The average molecular weight is 313 g/mol. The summed E-state index contributed by atoms with van der Waals surface area (Å²) >= 11 is 1.78. The molecule has 0 atom stereocenters. The molecule has 14 heavy (non-hydrogen) atoms. The first-order chi connectivity index (χ1) is 6.60. The number of hydrogen-bond donors (Lipinski definition) is 0. The first-order valence-corrected chi connectivity index (χ1v) is 4.65. The van der Waals surface area contributed by atoms with E-state index in [9.17, 15) is 13.6 Å². The van der Waals surface area contributed by atoms with Crippen LogP contribution < -0.4 is 4.74 Å². The zero-order valence-corrected chi connectivity index (χ0v) is 9.29. The normalized spacial score (nSPS) is 10.4. The van der Waals surface area contributed by atoms with Crippen LogP contribution in [0.15, 0.2) is 6.07 Å². The summed E-state index contributed by atoms with van der Waals surface area (Å²) < 4.78 is 29.9. The van der Waals surface area contributed by atoms with Crippen LogP contribution in [0.5, 0.6) is 5.88 Å². The topological polar surface area (TPSA) is 39.2 Å². The van der Waals surface area contributed by atoms with Crippen molar-refractivity contribution in [1.29, 1.82) is 0 Å². The molecule has 0 aliphatic heterocycles. The van der Waals surface area contributed by atoms with Crippen LogP contribution in [0.1, 0.15) is 22.3 Å². The minimum absolute atomic E-state index is 0.140. The maximum absolute atomic E-state index is 12.4. The van der Waals surface area contributed by atoms with E-state index in [1.54, 1.807) is 22.6 Å². The lowest BCUT2D eigenvalue weighted by Gasteiger charge is -2.07. The number of carbonyl (C=O) groups is 1. The molecule has 0 aliphatic carbocycles. The van der Waals surface area contributed by atoms with E-state index < -0.39 is 6.43 Å². The van der Waals surface area contributed by atoms with Gasteiger partial charge in [-0.3, -0.25) is 4.79 Å². The van der Waals surface area contributed by atoms with Gasteiger partial charge in [-0.05, 0) is 28.7 Å². The van der Waals surface area contributed by atoms with Crippen molar-refractivity contribution in [2.75, 3.05) is 7.11 Å². The summed E-state index contributed by atoms with van der Waals surface area (Å²) in [5.41, 5.74) is -0.225. The maximum Gasteiger partial charge on any atom is 0.269 e. The number of carbonyl (C=O) groups excluding carboxylic acids is 1. The minimum Gasteiger partial charge on any atom is -0.481 e. The highest BCUT2D eigenvalue weighted by Crippen LogP contribution is 2.29. The van der Waals surface area contributed by atoms with Crippen molar-refractivity contribution in [2.45, 2.75) is 6.43 Å². The molecule has 0 N–H and O–H groups in total. The Labute approximate surface area is 92.6 Å². The summed E-state index contributed by atoms with van der Waals surface area (Å²) in [6, 6.07) is 1.09. The van der Waals surface area contributed by atoms with E-state index >= 15 is 0 Å². The summed E-state index contributed by atoms with van der Waals surface area (Å²) in [6.45, 7) is 0. The van der Waals surface area contributed by atoms with Gasteiger partial charge in [0.05, 0.1) is 12.7 Å². The number of hydrogen-bond acceptors (Lipinski definition) is 3. The number of aromatic nitrogens is 1. The van der Waals surface area contributed by atoms with Crippen molar-refractivity contribution < 1.29 is 18.3 Å². The van der Waals surface area contributed by atoms with Gasteiger partial charge < -0.3 is 4.74 Å². The van der Waals surface area contributed by atoms with E-state index in [-0.39, 0.29) is 17.0 Å². The van der Waals surface area contributed by atoms with Crippen molar-refractivity contribution in [3.05, 3.63) is 20.9 Å². The summed E-state index contributed by atoms with van der Waals surface area (Å²) in [4.78, 5) is 14.2. The largest absolute Gasteiger partial charge is 0.481 e. The SMILES string of the molecule is COc1nc(I)c(C=O)cc1C(F)F. The fraction of sp³-hybridized carbons (Fsp3) is 0.250. The Balaban J connectivity index is 3.32. The Morgan fingerprint density at radius 3 is 2.71 bits per heavy atom. The zero-order chi connectivity index (χ0) is 10.7. The second kappa shape index (κ2) is 4.63.